The molecule has 0 spiro atoms. The maximum absolute atomic E-state index is 6.18. The number of hydrogen-bond acceptors (Lipinski definition) is 2. The fraction of sp³-hybridized carbons (Fsp3) is 0.308. The van der Waals surface area contributed by atoms with Gasteiger partial charge in [0.05, 0.1) is 16.4 Å². The number of halogens is 1. The van der Waals surface area contributed by atoms with Crippen LogP contribution in [0.5, 0.6) is 0 Å². The Morgan fingerprint density at radius 2 is 1.94 bits per heavy atom. The summed E-state index contributed by atoms with van der Waals surface area (Å²) in [4.78, 5) is 0. The molecule has 1 aromatic heterocycles. The Hall–Kier alpha value is -1.48. The summed E-state index contributed by atoms with van der Waals surface area (Å²) in [6.07, 6.45) is 4.46. The maximum atomic E-state index is 6.18. The third kappa shape index (κ3) is 1.71. The molecule has 2 aromatic rings. The van der Waals surface area contributed by atoms with Crippen molar-refractivity contribution in [1.82, 2.24) is 9.78 Å². The lowest BCUT2D eigenvalue weighted by atomic mass is 9.98. The van der Waals surface area contributed by atoms with Gasteiger partial charge in [0.15, 0.2) is 0 Å². The lowest BCUT2D eigenvalue weighted by molar-refractivity contribution is 0.671. The van der Waals surface area contributed by atoms with Crippen LogP contribution in [-0.2, 0) is 12.8 Å². The van der Waals surface area contributed by atoms with Crippen LogP contribution in [0.2, 0.25) is 5.02 Å². The minimum Gasteiger partial charge on any atom is -0.383 e. The van der Waals surface area contributed by atoms with Gasteiger partial charge in [-0.2, -0.15) is 5.10 Å². The predicted molar refractivity (Wildman–Crippen MR) is 69.6 cm³/mol. The van der Waals surface area contributed by atoms with E-state index in [1.165, 1.54) is 18.4 Å². The van der Waals surface area contributed by atoms with E-state index in [2.05, 4.69) is 5.10 Å². The quantitative estimate of drug-likeness (QED) is 0.842. The summed E-state index contributed by atoms with van der Waals surface area (Å²) in [5.41, 5.74) is 9.37. The number of nitrogens with zero attached hydrogens (tertiary/aromatic N) is 2. The summed E-state index contributed by atoms with van der Waals surface area (Å²) >= 11 is 6.18. The molecule has 0 amide bonds. The van der Waals surface area contributed by atoms with Gasteiger partial charge in [0.2, 0.25) is 0 Å². The molecule has 0 bridgehead atoms. The van der Waals surface area contributed by atoms with Crippen molar-refractivity contribution >= 4 is 17.4 Å². The van der Waals surface area contributed by atoms with Crippen LogP contribution in [0.4, 0.5) is 5.82 Å². The number of nitrogen functional groups attached to an aromatic ring is 1. The van der Waals surface area contributed by atoms with E-state index in [1.807, 2.05) is 24.3 Å². The standard InChI is InChI=1S/C13H14ClN3/c14-10-6-2-4-8-12(10)17-13(15)9-5-1-3-7-11(9)16-17/h2,4,6,8H,1,3,5,7,15H2. The molecule has 3 rings (SSSR count). The van der Waals surface area contributed by atoms with Gasteiger partial charge in [-0.3, -0.25) is 0 Å². The number of fused-ring (bicyclic) bond motifs is 1. The number of hydrogen-bond donors (Lipinski definition) is 1. The van der Waals surface area contributed by atoms with Gasteiger partial charge >= 0.3 is 0 Å². The molecule has 2 N–H and O–H groups in total. The topological polar surface area (TPSA) is 43.8 Å². The molecule has 0 aliphatic heterocycles. The van der Waals surface area contributed by atoms with Crippen molar-refractivity contribution in [2.24, 2.45) is 0 Å². The molecule has 1 aliphatic carbocycles. The summed E-state index contributed by atoms with van der Waals surface area (Å²) < 4.78 is 1.78. The van der Waals surface area contributed by atoms with Crippen LogP contribution in [-0.4, -0.2) is 9.78 Å². The van der Waals surface area contributed by atoms with Crippen LogP contribution < -0.4 is 5.73 Å². The largest absolute Gasteiger partial charge is 0.383 e. The van der Waals surface area contributed by atoms with Crippen molar-refractivity contribution in [1.29, 1.82) is 0 Å². The van der Waals surface area contributed by atoms with E-state index in [-0.39, 0.29) is 0 Å². The first kappa shape index (κ1) is 10.7. The van der Waals surface area contributed by atoms with Crippen molar-refractivity contribution in [3.05, 3.63) is 40.5 Å². The molecule has 1 aromatic carbocycles. The van der Waals surface area contributed by atoms with Crippen LogP contribution in [0, 0.1) is 0 Å². The van der Waals surface area contributed by atoms with Gasteiger partial charge in [-0.15, -0.1) is 0 Å². The molecule has 3 nitrogen and oxygen atoms in total. The van der Waals surface area contributed by atoms with E-state index in [1.54, 1.807) is 4.68 Å². The number of nitrogens with two attached hydrogens (primary N) is 1. The van der Waals surface area contributed by atoms with E-state index in [4.69, 9.17) is 17.3 Å². The van der Waals surface area contributed by atoms with Crippen molar-refractivity contribution in [3.63, 3.8) is 0 Å². The molecule has 4 heteroatoms. The summed E-state index contributed by atoms with van der Waals surface area (Å²) in [5, 5.41) is 5.27. The molecular formula is C13H14ClN3. The molecule has 0 saturated heterocycles. The number of rotatable bonds is 1. The molecule has 17 heavy (non-hydrogen) atoms. The fourth-order valence-electron chi connectivity index (χ4n) is 2.39. The highest BCUT2D eigenvalue weighted by molar-refractivity contribution is 6.32. The molecular weight excluding hydrogens is 234 g/mol. The Balaban J connectivity index is 2.16. The highest BCUT2D eigenvalue weighted by Crippen LogP contribution is 2.30. The van der Waals surface area contributed by atoms with Gasteiger partial charge < -0.3 is 5.73 Å². The van der Waals surface area contributed by atoms with E-state index in [0.29, 0.717) is 5.02 Å². The van der Waals surface area contributed by atoms with E-state index < -0.39 is 0 Å². The molecule has 0 atom stereocenters. The van der Waals surface area contributed by atoms with Gasteiger partial charge in [0.25, 0.3) is 0 Å². The van der Waals surface area contributed by atoms with E-state index in [9.17, 15) is 0 Å². The number of anilines is 1. The fourth-order valence-corrected chi connectivity index (χ4v) is 2.60. The second-order valence-electron chi connectivity index (χ2n) is 4.38. The smallest absolute Gasteiger partial charge is 0.130 e. The van der Waals surface area contributed by atoms with Crippen LogP contribution >= 0.6 is 11.6 Å². The van der Waals surface area contributed by atoms with Gasteiger partial charge in [0, 0.05) is 5.56 Å². The normalized spacial score (nSPS) is 14.6. The second-order valence-corrected chi connectivity index (χ2v) is 4.79. The zero-order valence-electron chi connectivity index (χ0n) is 9.49. The predicted octanol–water partition coefficient (Wildman–Crippen LogP) is 2.99. The Morgan fingerprint density at radius 1 is 1.18 bits per heavy atom. The lowest BCUT2D eigenvalue weighted by Crippen LogP contribution is -2.04. The second kappa shape index (κ2) is 4.08. The summed E-state index contributed by atoms with van der Waals surface area (Å²) in [7, 11) is 0. The summed E-state index contributed by atoms with van der Waals surface area (Å²) in [6, 6.07) is 7.65. The molecule has 0 saturated carbocycles. The SMILES string of the molecule is Nc1c2c(nn1-c1ccccc1Cl)CCCC2. The van der Waals surface area contributed by atoms with Gasteiger partial charge in [-0.1, -0.05) is 23.7 Å². The van der Waals surface area contributed by atoms with E-state index in [0.717, 1.165) is 30.0 Å². The van der Waals surface area contributed by atoms with Gasteiger partial charge in [0.1, 0.15) is 5.82 Å². The third-order valence-electron chi connectivity index (χ3n) is 3.28. The Labute approximate surface area is 105 Å². The first-order valence-electron chi connectivity index (χ1n) is 5.88. The lowest BCUT2D eigenvalue weighted by Gasteiger charge is -2.08. The Kier molecular flexibility index (Phi) is 2.56. The van der Waals surface area contributed by atoms with Crippen LogP contribution in [0.15, 0.2) is 24.3 Å². The van der Waals surface area contributed by atoms with Crippen molar-refractivity contribution in [2.45, 2.75) is 25.7 Å². The zero-order chi connectivity index (χ0) is 11.8. The van der Waals surface area contributed by atoms with Gasteiger partial charge in [-0.05, 0) is 37.8 Å². The maximum Gasteiger partial charge on any atom is 0.130 e. The molecule has 88 valence electrons. The minimum absolute atomic E-state index is 0.680. The molecule has 1 aliphatic rings. The number of benzene rings is 1. The van der Waals surface area contributed by atoms with Crippen molar-refractivity contribution in [3.8, 4) is 5.69 Å². The molecule has 0 fully saturated rings. The first-order chi connectivity index (χ1) is 8.27. The zero-order valence-corrected chi connectivity index (χ0v) is 10.2. The Bertz CT molecular complexity index is 560. The summed E-state index contributed by atoms with van der Waals surface area (Å²) in [6.45, 7) is 0. The summed E-state index contributed by atoms with van der Waals surface area (Å²) in [5.74, 6) is 0.743. The van der Waals surface area contributed by atoms with Crippen LogP contribution in [0.3, 0.4) is 0 Å². The molecule has 0 unspecified atom stereocenters. The van der Waals surface area contributed by atoms with Crippen molar-refractivity contribution < 1.29 is 0 Å². The number of aromatic nitrogens is 2. The average Bonchev–Trinajstić information content (AvgIpc) is 2.68. The van der Waals surface area contributed by atoms with Crippen molar-refractivity contribution in [2.75, 3.05) is 5.73 Å². The van der Waals surface area contributed by atoms with Crippen LogP contribution in [0.1, 0.15) is 24.1 Å². The Morgan fingerprint density at radius 3 is 2.71 bits per heavy atom. The first-order valence-corrected chi connectivity index (χ1v) is 6.26. The molecule has 0 radical (unpaired) electrons. The van der Waals surface area contributed by atoms with Gasteiger partial charge in [-0.25, -0.2) is 4.68 Å². The minimum atomic E-state index is 0.680. The average molecular weight is 248 g/mol. The number of aryl methyl sites for hydroxylation is 1. The van der Waals surface area contributed by atoms with Crippen LogP contribution in [0.25, 0.3) is 5.69 Å². The molecule has 1 heterocycles. The van der Waals surface area contributed by atoms with E-state index >= 15 is 0 Å². The highest BCUT2D eigenvalue weighted by Gasteiger charge is 2.20. The highest BCUT2D eigenvalue weighted by atomic mass is 35.5. The number of para-hydroxylation sites is 1. The third-order valence-corrected chi connectivity index (χ3v) is 3.60. The monoisotopic (exact) mass is 247 g/mol.